The van der Waals surface area contributed by atoms with Crippen LogP contribution in [0.25, 0.3) is 0 Å². The molecule has 5 nitrogen and oxygen atoms in total. The highest BCUT2D eigenvalue weighted by Gasteiger charge is 2.30. The topological polar surface area (TPSA) is 52.7 Å². The van der Waals surface area contributed by atoms with Gasteiger partial charge in [-0.3, -0.25) is 9.69 Å². The molecule has 1 aliphatic rings. The Morgan fingerprint density at radius 3 is 2.20 bits per heavy atom. The van der Waals surface area contributed by atoms with Gasteiger partial charge in [-0.1, -0.05) is 12.1 Å². The van der Waals surface area contributed by atoms with Crippen molar-refractivity contribution in [3.63, 3.8) is 0 Å². The van der Waals surface area contributed by atoms with Crippen LogP contribution in [0, 0.1) is 11.6 Å². The molecule has 2 aromatic carbocycles. The van der Waals surface area contributed by atoms with Crippen LogP contribution in [0.3, 0.4) is 0 Å². The van der Waals surface area contributed by atoms with E-state index < -0.39 is 0 Å². The van der Waals surface area contributed by atoms with Crippen LogP contribution >= 0.6 is 0 Å². The third kappa shape index (κ3) is 4.12. The van der Waals surface area contributed by atoms with E-state index in [2.05, 4.69) is 5.32 Å². The van der Waals surface area contributed by atoms with E-state index in [0.29, 0.717) is 18.8 Å². The Balaban J connectivity index is 1.52. The summed E-state index contributed by atoms with van der Waals surface area (Å²) in [4.78, 5) is 27.3. The van der Waals surface area contributed by atoms with Gasteiger partial charge in [0.05, 0.1) is 0 Å². The van der Waals surface area contributed by atoms with Crippen LogP contribution in [0.5, 0.6) is 0 Å². The first-order chi connectivity index (χ1) is 12.0. The number of nitrogens with zero attached hydrogens (tertiary/aromatic N) is 2. The fourth-order valence-electron chi connectivity index (χ4n) is 2.62. The third-order valence-electron chi connectivity index (χ3n) is 3.97. The summed E-state index contributed by atoms with van der Waals surface area (Å²) in [7, 11) is 0. The van der Waals surface area contributed by atoms with E-state index in [1.54, 1.807) is 12.1 Å². The predicted octanol–water partition coefficient (Wildman–Crippen LogP) is 2.52. The van der Waals surface area contributed by atoms with Crippen LogP contribution < -0.4 is 10.2 Å². The van der Waals surface area contributed by atoms with Crippen LogP contribution in [0.2, 0.25) is 0 Å². The number of carbonyl (C=O) groups excluding carboxylic acids is 2. The van der Waals surface area contributed by atoms with Gasteiger partial charge < -0.3 is 10.2 Å². The molecule has 130 valence electrons. The molecule has 0 atom stereocenters. The van der Waals surface area contributed by atoms with Crippen LogP contribution in [-0.4, -0.2) is 36.5 Å². The van der Waals surface area contributed by atoms with Crippen LogP contribution in [0.1, 0.15) is 5.56 Å². The van der Waals surface area contributed by atoms with E-state index in [1.807, 2.05) is 0 Å². The van der Waals surface area contributed by atoms with Crippen LogP contribution in [-0.2, 0) is 11.3 Å². The fourth-order valence-corrected chi connectivity index (χ4v) is 2.62. The molecule has 0 aliphatic carbocycles. The largest absolute Gasteiger partial charge is 0.350 e. The van der Waals surface area contributed by atoms with Gasteiger partial charge in [-0.15, -0.1) is 0 Å². The third-order valence-corrected chi connectivity index (χ3v) is 3.97. The molecule has 1 aliphatic heterocycles. The minimum absolute atomic E-state index is 0.0578. The predicted molar refractivity (Wildman–Crippen MR) is 89.0 cm³/mol. The van der Waals surface area contributed by atoms with Gasteiger partial charge in [0.1, 0.15) is 18.2 Å². The highest BCUT2D eigenvalue weighted by Crippen LogP contribution is 2.20. The van der Waals surface area contributed by atoms with Crippen molar-refractivity contribution in [1.82, 2.24) is 10.2 Å². The second-order valence-electron chi connectivity index (χ2n) is 5.74. The Bertz CT molecular complexity index is 763. The number of hydrogen-bond acceptors (Lipinski definition) is 2. The zero-order valence-corrected chi connectivity index (χ0v) is 13.4. The number of hydrogen-bond donors (Lipinski definition) is 1. The quantitative estimate of drug-likeness (QED) is 0.905. The molecule has 0 bridgehead atoms. The smallest absolute Gasteiger partial charge is 0.325 e. The summed E-state index contributed by atoms with van der Waals surface area (Å²) in [6.07, 6.45) is 0. The van der Waals surface area contributed by atoms with Crippen molar-refractivity contribution in [1.29, 1.82) is 0 Å². The van der Waals surface area contributed by atoms with Gasteiger partial charge in [0.15, 0.2) is 0 Å². The summed E-state index contributed by atoms with van der Waals surface area (Å²) >= 11 is 0. The van der Waals surface area contributed by atoms with E-state index in [-0.39, 0.29) is 36.7 Å². The van der Waals surface area contributed by atoms with Crippen molar-refractivity contribution in [2.45, 2.75) is 6.54 Å². The number of anilines is 1. The molecule has 1 N–H and O–H groups in total. The second kappa shape index (κ2) is 7.29. The van der Waals surface area contributed by atoms with Gasteiger partial charge in [-0.25, -0.2) is 13.6 Å². The lowest BCUT2D eigenvalue weighted by molar-refractivity contribution is -0.121. The number of urea groups is 1. The first-order valence-corrected chi connectivity index (χ1v) is 7.86. The highest BCUT2D eigenvalue weighted by molar-refractivity contribution is 5.96. The maximum Gasteiger partial charge on any atom is 0.325 e. The van der Waals surface area contributed by atoms with Gasteiger partial charge in [-0.05, 0) is 42.0 Å². The Kier molecular flexibility index (Phi) is 4.92. The monoisotopic (exact) mass is 345 g/mol. The molecule has 2 aromatic rings. The van der Waals surface area contributed by atoms with Gasteiger partial charge in [0, 0.05) is 25.3 Å². The average molecular weight is 345 g/mol. The molecule has 0 spiro atoms. The molecule has 1 heterocycles. The zero-order valence-electron chi connectivity index (χ0n) is 13.4. The van der Waals surface area contributed by atoms with Gasteiger partial charge in [0.25, 0.3) is 0 Å². The number of rotatable bonds is 5. The van der Waals surface area contributed by atoms with E-state index in [4.69, 9.17) is 0 Å². The Hall–Kier alpha value is -2.96. The summed E-state index contributed by atoms with van der Waals surface area (Å²) in [5, 5.41) is 2.70. The Morgan fingerprint density at radius 1 is 0.960 bits per heavy atom. The van der Waals surface area contributed by atoms with Crippen molar-refractivity contribution >= 4 is 17.6 Å². The van der Waals surface area contributed by atoms with Crippen LogP contribution in [0.4, 0.5) is 19.3 Å². The molecule has 0 unspecified atom stereocenters. The Labute approximate surface area is 143 Å². The van der Waals surface area contributed by atoms with Crippen molar-refractivity contribution in [3.8, 4) is 0 Å². The fraction of sp³-hybridized carbons (Fsp3) is 0.222. The van der Waals surface area contributed by atoms with Crippen LogP contribution in [0.15, 0.2) is 48.5 Å². The van der Waals surface area contributed by atoms with E-state index in [1.165, 1.54) is 46.2 Å². The maximum atomic E-state index is 13.0. The number of benzene rings is 2. The van der Waals surface area contributed by atoms with E-state index >= 15 is 0 Å². The summed E-state index contributed by atoms with van der Waals surface area (Å²) in [6.45, 7) is 1.07. The SMILES string of the molecule is O=C(CN1CCN(c2ccc(F)cc2)C1=O)NCc1ccc(F)cc1. The lowest BCUT2D eigenvalue weighted by Gasteiger charge is -2.18. The number of carbonyl (C=O) groups is 2. The standard InChI is InChI=1S/C18H17F2N3O2/c19-14-3-1-13(2-4-14)11-21-17(24)12-22-9-10-23(18(22)25)16-7-5-15(20)6-8-16/h1-8H,9-12H2,(H,21,24). The number of halogens is 2. The van der Waals surface area contributed by atoms with Crippen molar-refractivity contribution < 1.29 is 18.4 Å². The summed E-state index contributed by atoms with van der Waals surface area (Å²) in [6, 6.07) is 11.2. The molecule has 1 fully saturated rings. The molecular formula is C18H17F2N3O2. The van der Waals surface area contributed by atoms with Gasteiger partial charge in [-0.2, -0.15) is 0 Å². The molecule has 7 heteroatoms. The highest BCUT2D eigenvalue weighted by atomic mass is 19.1. The van der Waals surface area contributed by atoms with Crippen molar-refractivity contribution in [2.75, 3.05) is 24.5 Å². The lowest BCUT2D eigenvalue weighted by atomic mass is 10.2. The van der Waals surface area contributed by atoms with E-state index in [9.17, 15) is 18.4 Å². The molecule has 3 rings (SSSR count). The molecule has 25 heavy (non-hydrogen) atoms. The molecule has 0 saturated carbocycles. The minimum Gasteiger partial charge on any atom is -0.350 e. The average Bonchev–Trinajstić information content (AvgIpc) is 2.96. The Morgan fingerprint density at radius 2 is 1.56 bits per heavy atom. The van der Waals surface area contributed by atoms with E-state index in [0.717, 1.165) is 5.56 Å². The zero-order chi connectivity index (χ0) is 17.8. The molecule has 0 radical (unpaired) electrons. The molecular weight excluding hydrogens is 328 g/mol. The summed E-state index contributed by atoms with van der Waals surface area (Å²) in [5.74, 6) is -0.996. The first-order valence-electron chi connectivity index (χ1n) is 7.86. The van der Waals surface area contributed by atoms with Gasteiger partial charge >= 0.3 is 6.03 Å². The number of amides is 3. The second-order valence-corrected chi connectivity index (χ2v) is 5.74. The lowest BCUT2D eigenvalue weighted by Crippen LogP contribution is -2.39. The first kappa shape index (κ1) is 16.9. The van der Waals surface area contributed by atoms with Crippen molar-refractivity contribution in [2.24, 2.45) is 0 Å². The molecule has 1 saturated heterocycles. The molecule has 0 aromatic heterocycles. The summed E-state index contributed by atoms with van der Waals surface area (Å²) in [5.41, 5.74) is 1.37. The maximum absolute atomic E-state index is 13.0. The summed E-state index contributed by atoms with van der Waals surface area (Å²) < 4.78 is 25.8. The minimum atomic E-state index is -0.368. The molecule has 3 amide bonds. The normalized spacial score (nSPS) is 14.1. The van der Waals surface area contributed by atoms with Crippen molar-refractivity contribution in [3.05, 3.63) is 65.7 Å². The number of nitrogens with one attached hydrogen (secondary N) is 1. The van der Waals surface area contributed by atoms with Gasteiger partial charge in [0.2, 0.25) is 5.91 Å².